The molecule has 0 aliphatic heterocycles. The molecule has 0 fully saturated rings. The van der Waals surface area contributed by atoms with Crippen molar-refractivity contribution in [2.45, 2.75) is 12.8 Å². The van der Waals surface area contributed by atoms with Crippen LogP contribution in [0.1, 0.15) is 27.0 Å². The molecule has 0 amide bonds. The first-order chi connectivity index (χ1) is 10.5. The number of aromatic nitrogens is 1. The lowest BCUT2D eigenvalue weighted by molar-refractivity contribution is 0.0975. The van der Waals surface area contributed by atoms with Crippen molar-refractivity contribution >= 4 is 33.0 Å². The van der Waals surface area contributed by atoms with E-state index in [-0.39, 0.29) is 5.78 Å². The zero-order valence-electron chi connectivity index (χ0n) is 12.2. The van der Waals surface area contributed by atoms with Gasteiger partial charge in [-0.15, -0.1) is 11.3 Å². The van der Waals surface area contributed by atoms with Gasteiger partial charge >= 0.3 is 0 Å². The minimum absolute atomic E-state index is 0.293. The van der Waals surface area contributed by atoms with Gasteiger partial charge in [-0.1, -0.05) is 0 Å². The zero-order chi connectivity index (χ0) is 16.3. The predicted octanol–water partition coefficient (Wildman–Crippen LogP) is 3.72. The van der Waals surface area contributed by atoms with Crippen LogP contribution in [0, 0.1) is 18.3 Å². The normalized spacial score (nSPS) is 11.6. The molecule has 0 N–H and O–H groups in total. The Morgan fingerprint density at radius 3 is 2.55 bits per heavy atom. The number of nitrogens with zero attached hydrogens (tertiary/aromatic N) is 2. The highest BCUT2D eigenvalue weighted by atomic mass is 79.9. The number of ether oxygens (including phenoxy) is 2. The summed E-state index contributed by atoms with van der Waals surface area (Å²) in [5, 5.41) is 11.7. The van der Waals surface area contributed by atoms with Crippen LogP contribution in [0.15, 0.2) is 22.0 Å². The van der Waals surface area contributed by atoms with E-state index in [0.717, 1.165) is 5.69 Å². The molecule has 0 saturated heterocycles. The van der Waals surface area contributed by atoms with Crippen LogP contribution in [0.4, 0.5) is 0 Å². The second-order valence-electron chi connectivity index (χ2n) is 4.44. The van der Waals surface area contributed by atoms with Gasteiger partial charge in [-0.25, -0.2) is 4.98 Å². The molecular weight excluding hydrogens is 368 g/mol. The molecule has 0 saturated carbocycles. The highest BCUT2D eigenvalue weighted by Crippen LogP contribution is 2.35. The highest BCUT2D eigenvalue weighted by molar-refractivity contribution is 9.10. The molecule has 0 aliphatic rings. The number of Topliss-reactive ketones (excluding diaryl/α,β-unsaturated/α-hetero) is 1. The van der Waals surface area contributed by atoms with Crippen LogP contribution in [0.3, 0.4) is 0 Å². The summed E-state index contributed by atoms with van der Waals surface area (Å²) in [6.45, 7) is 1.82. The third kappa shape index (κ3) is 3.13. The smallest absolute Gasteiger partial charge is 0.190 e. The summed E-state index contributed by atoms with van der Waals surface area (Å²) in [7, 11) is 2.98. The van der Waals surface area contributed by atoms with Crippen LogP contribution in [-0.4, -0.2) is 25.0 Å². The summed E-state index contributed by atoms with van der Waals surface area (Å²) in [5.74, 6) is -0.444. The Balaban J connectivity index is 2.49. The number of methoxy groups -OCH3 is 2. The van der Waals surface area contributed by atoms with Gasteiger partial charge in [0.05, 0.1) is 30.3 Å². The number of thiazole rings is 1. The summed E-state index contributed by atoms with van der Waals surface area (Å²) < 4.78 is 11.1. The van der Waals surface area contributed by atoms with Gasteiger partial charge in [0.25, 0.3) is 0 Å². The summed E-state index contributed by atoms with van der Waals surface area (Å²) in [6, 6.07) is 5.24. The van der Waals surface area contributed by atoms with Crippen LogP contribution in [0.2, 0.25) is 0 Å². The number of nitriles is 1. The maximum Gasteiger partial charge on any atom is 0.190 e. The van der Waals surface area contributed by atoms with Crippen molar-refractivity contribution in [3.63, 3.8) is 0 Å². The molecular formula is C15H13BrN2O3S. The number of benzene rings is 1. The van der Waals surface area contributed by atoms with Crippen LogP contribution >= 0.6 is 27.3 Å². The van der Waals surface area contributed by atoms with Crippen molar-refractivity contribution in [1.82, 2.24) is 4.98 Å². The van der Waals surface area contributed by atoms with Crippen molar-refractivity contribution in [3.8, 4) is 17.6 Å². The Morgan fingerprint density at radius 1 is 1.36 bits per heavy atom. The third-order valence-corrected chi connectivity index (χ3v) is 4.66. The quantitative estimate of drug-likeness (QED) is 0.739. The van der Waals surface area contributed by atoms with Gasteiger partial charge in [-0.05, 0) is 35.0 Å². The molecule has 0 bridgehead atoms. The number of carbonyl (C=O) groups is 1. The molecule has 0 spiro atoms. The first-order valence-corrected chi connectivity index (χ1v) is 7.96. The van der Waals surface area contributed by atoms with Gasteiger partial charge in [-0.2, -0.15) is 5.26 Å². The summed E-state index contributed by atoms with van der Waals surface area (Å²) in [4.78, 5) is 17.0. The molecule has 1 atom stereocenters. The molecule has 1 aromatic heterocycles. The summed E-state index contributed by atoms with van der Waals surface area (Å²) >= 11 is 4.64. The lowest BCUT2D eigenvalue weighted by atomic mass is 9.98. The number of carbonyl (C=O) groups excluding carboxylic acids is 1. The molecule has 0 aliphatic carbocycles. The molecule has 1 heterocycles. The molecule has 2 aromatic rings. The zero-order valence-corrected chi connectivity index (χ0v) is 14.6. The fourth-order valence-corrected chi connectivity index (χ4v) is 3.26. The molecule has 22 heavy (non-hydrogen) atoms. The molecule has 114 valence electrons. The minimum Gasteiger partial charge on any atom is -0.496 e. The highest BCUT2D eigenvalue weighted by Gasteiger charge is 2.28. The monoisotopic (exact) mass is 380 g/mol. The Labute approximate surface area is 140 Å². The SMILES string of the molecule is COc1cc(C(=O)C(C#N)c2nc(C)cs2)c(OC)cc1Br. The topological polar surface area (TPSA) is 72.2 Å². The Kier molecular flexibility index (Phi) is 5.16. The molecule has 5 nitrogen and oxygen atoms in total. The number of hydrogen-bond acceptors (Lipinski definition) is 6. The van der Waals surface area contributed by atoms with E-state index in [4.69, 9.17) is 9.47 Å². The van der Waals surface area contributed by atoms with Crippen molar-refractivity contribution in [1.29, 1.82) is 5.26 Å². The van der Waals surface area contributed by atoms with Crippen LogP contribution < -0.4 is 9.47 Å². The molecule has 0 radical (unpaired) electrons. The summed E-state index contributed by atoms with van der Waals surface area (Å²) in [6.07, 6.45) is 0. The molecule has 2 rings (SSSR count). The largest absolute Gasteiger partial charge is 0.496 e. The second kappa shape index (κ2) is 6.90. The number of rotatable bonds is 5. The van der Waals surface area contributed by atoms with E-state index in [1.807, 2.05) is 18.4 Å². The minimum atomic E-state index is -0.960. The predicted molar refractivity (Wildman–Crippen MR) is 86.8 cm³/mol. The summed E-state index contributed by atoms with van der Waals surface area (Å²) in [5.41, 5.74) is 1.08. The lowest BCUT2D eigenvalue weighted by Gasteiger charge is -2.13. The average Bonchev–Trinajstić information content (AvgIpc) is 2.93. The van der Waals surface area contributed by atoms with Crippen LogP contribution in [0.25, 0.3) is 0 Å². The van der Waals surface area contributed by atoms with Gasteiger partial charge in [0.15, 0.2) is 11.7 Å². The number of hydrogen-bond donors (Lipinski definition) is 0. The van der Waals surface area contributed by atoms with Gasteiger partial charge < -0.3 is 9.47 Å². The van der Waals surface area contributed by atoms with E-state index in [0.29, 0.717) is 26.5 Å². The van der Waals surface area contributed by atoms with Crippen molar-refractivity contribution in [3.05, 3.63) is 38.3 Å². The Hall–Kier alpha value is -1.91. The first-order valence-electron chi connectivity index (χ1n) is 6.29. The standard InChI is InChI=1S/C15H13BrN2O3S/c1-8-7-22-15(18-8)10(6-17)14(19)9-4-13(21-3)11(16)5-12(9)20-2/h4-5,7,10H,1-3H3. The first kappa shape index (κ1) is 16.5. The van der Waals surface area contributed by atoms with Crippen LogP contribution in [0.5, 0.6) is 11.5 Å². The van der Waals surface area contributed by atoms with E-state index in [9.17, 15) is 10.1 Å². The van der Waals surface area contributed by atoms with Gasteiger partial charge in [0.1, 0.15) is 16.5 Å². The van der Waals surface area contributed by atoms with Crippen LogP contribution in [-0.2, 0) is 0 Å². The van der Waals surface area contributed by atoms with Gasteiger partial charge in [-0.3, -0.25) is 4.79 Å². The third-order valence-electron chi connectivity index (χ3n) is 3.01. The molecule has 1 aromatic carbocycles. The Bertz CT molecular complexity index is 752. The number of ketones is 1. The lowest BCUT2D eigenvalue weighted by Crippen LogP contribution is -2.13. The number of halogens is 1. The van der Waals surface area contributed by atoms with E-state index in [2.05, 4.69) is 20.9 Å². The maximum atomic E-state index is 12.7. The van der Waals surface area contributed by atoms with E-state index < -0.39 is 5.92 Å². The van der Waals surface area contributed by atoms with E-state index in [1.165, 1.54) is 25.6 Å². The van der Waals surface area contributed by atoms with Crippen molar-refractivity contribution < 1.29 is 14.3 Å². The molecule has 7 heteroatoms. The van der Waals surface area contributed by atoms with Gasteiger partial charge in [0.2, 0.25) is 0 Å². The maximum absolute atomic E-state index is 12.7. The van der Waals surface area contributed by atoms with Crippen molar-refractivity contribution in [2.24, 2.45) is 0 Å². The van der Waals surface area contributed by atoms with Gasteiger partial charge in [0, 0.05) is 11.1 Å². The molecule has 1 unspecified atom stereocenters. The number of aryl methyl sites for hydroxylation is 1. The fourth-order valence-electron chi connectivity index (χ4n) is 1.94. The Morgan fingerprint density at radius 2 is 2.05 bits per heavy atom. The van der Waals surface area contributed by atoms with E-state index in [1.54, 1.807) is 12.1 Å². The van der Waals surface area contributed by atoms with E-state index >= 15 is 0 Å². The average molecular weight is 381 g/mol. The van der Waals surface area contributed by atoms with Crippen molar-refractivity contribution in [2.75, 3.05) is 14.2 Å². The fraction of sp³-hybridized carbons (Fsp3) is 0.267. The second-order valence-corrected chi connectivity index (χ2v) is 6.18.